The number of hydroxylamine groups is 1. The van der Waals surface area contributed by atoms with Gasteiger partial charge in [0.2, 0.25) is 10.0 Å². The van der Waals surface area contributed by atoms with Gasteiger partial charge in [-0.05, 0) is 48.2 Å². The van der Waals surface area contributed by atoms with Crippen LogP contribution in [0.5, 0.6) is 0 Å². The number of sulfonamides is 1. The summed E-state index contributed by atoms with van der Waals surface area (Å²) in [4.78, 5) is 21.5. The molecule has 7 nitrogen and oxygen atoms in total. The molecule has 152 valence electrons. The van der Waals surface area contributed by atoms with Gasteiger partial charge in [0.25, 0.3) is 5.91 Å². The van der Waals surface area contributed by atoms with E-state index in [4.69, 9.17) is 16.4 Å². The maximum atomic E-state index is 13.4. The van der Waals surface area contributed by atoms with E-state index in [1.54, 1.807) is 24.5 Å². The Bertz CT molecular complexity index is 874. The molecule has 2 rings (SSSR count). The molecule has 1 amide bonds. The van der Waals surface area contributed by atoms with Crippen molar-refractivity contribution in [2.75, 3.05) is 7.11 Å². The largest absolute Gasteiger partial charge is 0.277 e. The summed E-state index contributed by atoms with van der Waals surface area (Å²) in [5, 5.41) is 0.425. The lowest BCUT2D eigenvalue weighted by Crippen LogP contribution is -2.49. The Morgan fingerprint density at radius 3 is 2.46 bits per heavy atom. The Morgan fingerprint density at radius 2 is 1.93 bits per heavy atom. The van der Waals surface area contributed by atoms with Crippen LogP contribution >= 0.6 is 11.6 Å². The van der Waals surface area contributed by atoms with Gasteiger partial charge in [-0.2, -0.15) is 4.31 Å². The van der Waals surface area contributed by atoms with Gasteiger partial charge in [0.15, 0.2) is 0 Å². The number of amides is 1. The molecule has 9 heteroatoms. The van der Waals surface area contributed by atoms with Crippen molar-refractivity contribution in [3.63, 3.8) is 0 Å². The van der Waals surface area contributed by atoms with E-state index < -0.39 is 22.0 Å². The molecule has 0 saturated carbocycles. The number of pyridine rings is 1. The van der Waals surface area contributed by atoms with Gasteiger partial charge >= 0.3 is 0 Å². The zero-order chi connectivity index (χ0) is 20.7. The first-order valence-corrected chi connectivity index (χ1v) is 10.6. The molecule has 1 heterocycles. The van der Waals surface area contributed by atoms with Crippen LogP contribution in [0.2, 0.25) is 5.02 Å². The normalized spacial score (nSPS) is 12.9. The van der Waals surface area contributed by atoms with Crippen molar-refractivity contribution >= 4 is 27.5 Å². The highest BCUT2D eigenvalue weighted by Gasteiger charge is 2.36. The second-order valence-electron chi connectivity index (χ2n) is 6.68. The fourth-order valence-corrected chi connectivity index (χ4v) is 4.46. The van der Waals surface area contributed by atoms with Crippen molar-refractivity contribution in [2.24, 2.45) is 5.92 Å². The summed E-state index contributed by atoms with van der Waals surface area (Å²) in [6, 6.07) is 8.38. The Kier molecular flexibility index (Phi) is 7.94. The van der Waals surface area contributed by atoms with Crippen molar-refractivity contribution in [3.8, 4) is 0 Å². The molecule has 1 aromatic heterocycles. The third kappa shape index (κ3) is 5.75. The first kappa shape index (κ1) is 22.3. The van der Waals surface area contributed by atoms with Crippen molar-refractivity contribution in [3.05, 3.63) is 59.4 Å². The number of nitrogens with zero attached hydrogens (tertiary/aromatic N) is 2. The number of rotatable bonds is 9. The number of hydrogen-bond donors (Lipinski definition) is 1. The summed E-state index contributed by atoms with van der Waals surface area (Å²) in [6.07, 6.45) is 3.50. The van der Waals surface area contributed by atoms with E-state index >= 15 is 0 Å². The van der Waals surface area contributed by atoms with Crippen LogP contribution in [-0.4, -0.2) is 36.8 Å². The van der Waals surface area contributed by atoms with Gasteiger partial charge in [0, 0.05) is 24.0 Å². The molecule has 0 aliphatic carbocycles. The summed E-state index contributed by atoms with van der Waals surface area (Å²) in [5.74, 6) is -0.456. The van der Waals surface area contributed by atoms with Gasteiger partial charge < -0.3 is 0 Å². The van der Waals surface area contributed by atoms with Crippen LogP contribution in [0.3, 0.4) is 0 Å². The molecule has 0 unspecified atom stereocenters. The lowest BCUT2D eigenvalue weighted by molar-refractivity contribution is -0.136. The van der Waals surface area contributed by atoms with Gasteiger partial charge in [0.1, 0.15) is 6.04 Å². The summed E-state index contributed by atoms with van der Waals surface area (Å²) in [7, 11) is -2.68. The maximum Gasteiger partial charge on any atom is 0.261 e. The van der Waals surface area contributed by atoms with Crippen molar-refractivity contribution in [1.82, 2.24) is 14.8 Å². The first-order valence-electron chi connectivity index (χ1n) is 8.75. The molecule has 0 bridgehead atoms. The fraction of sp³-hybridized carbons (Fsp3) is 0.368. The lowest BCUT2D eigenvalue weighted by Gasteiger charge is -2.31. The highest BCUT2D eigenvalue weighted by molar-refractivity contribution is 7.89. The molecule has 0 radical (unpaired) electrons. The monoisotopic (exact) mass is 424 g/mol. The van der Waals surface area contributed by atoms with E-state index in [-0.39, 0.29) is 17.4 Å². The minimum atomic E-state index is -3.99. The van der Waals surface area contributed by atoms with Crippen molar-refractivity contribution < 1.29 is 18.0 Å². The second kappa shape index (κ2) is 9.97. The SMILES string of the molecule is CC(C)C[C@H](C(=O)NO[11CH3])N(Cc1cccnc1)S(=O)(=O)c1ccc(Cl)cc1. The van der Waals surface area contributed by atoms with Crippen molar-refractivity contribution in [1.29, 1.82) is 0 Å². The highest BCUT2D eigenvalue weighted by atomic mass is 35.5. The number of hydrogen-bond acceptors (Lipinski definition) is 5. The zero-order valence-electron chi connectivity index (χ0n) is 16.0. The Labute approximate surface area is 170 Å². The topological polar surface area (TPSA) is 88.6 Å². The Hall–Kier alpha value is -2.00. The minimum absolute atomic E-state index is 0.00663. The average molecular weight is 425 g/mol. The summed E-state index contributed by atoms with van der Waals surface area (Å²) in [5.41, 5.74) is 2.93. The molecular formula is C19H24ClN3O4S. The molecule has 1 atom stereocenters. The number of benzene rings is 1. The molecule has 1 N–H and O–H groups in total. The van der Waals surface area contributed by atoms with Crippen LogP contribution in [-0.2, 0) is 26.2 Å². The van der Waals surface area contributed by atoms with Crippen LogP contribution in [0.15, 0.2) is 53.7 Å². The van der Waals surface area contributed by atoms with E-state index in [1.165, 1.54) is 35.7 Å². The quantitative estimate of drug-likeness (QED) is 0.625. The van der Waals surface area contributed by atoms with Crippen LogP contribution in [0, 0.1) is 5.92 Å². The Morgan fingerprint density at radius 1 is 1.25 bits per heavy atom. The minimum Gasteiger partial charge on any atom is -0.277 e. The van der Waals surface area contributed by atoms with Crippen LogP contribution in [0.1, 0.15) is 25.8 Å². The van der Waals surface area contributed by atoms with E-state index in [9.17, 15) is 13.2 Å². The smallest absolute Gasteiger partial charge is 0.261 e. The van der Waals surface area contributed by atoms with E-state index in [1.807, 2.05) is 13.8 Å². The van der Waals surface area contributed by atoms with Gasteiger partial charge in [0.05, 0.1) is 12.0 Å². The van der Waals surface area contributed by atoms with Gasteiger partial charge in [-0.3, -0.25) is 14.6 Å². The average Bonchev–Trinajstić information content (AvgIpc) is 2.65. The molecule has 0 aliphatic heterocycles. The van der Waals surface area contributed by atoms with Gasteiger partial charge in [-0.15, -0.1) is 0 Å². The molecule has 0 saturated heterocycles. The predicted octanol–water partition coefficient (Wildman–Crippen LogP) is 3.02. The molecule has 0 aliphatic rings. The molecule has 0 spiro atoms. The van der Waals surface area contributed by atoms with Gasteiger partial charge in [-0.25, -0.2) is 13.9 Å². The summed E-state index contributed by atoms with van der Waals surface area (Å²) >= 11 is 5.90. The number of carbonyl (C=O) groups excluding carboxylic acids is 1. The highest BCUT2D eigenvalue weighted by Crippen LogP contribution is 2.25. The predicted molar refractivity (Wildman–Crippen MR) is 107 cm³/mol. The zero-order valence-corrected chi connectivity index (χ0v) is 17.6. The number of aromatic nitrogens is 1. The van der Waals surface area contributed by atoms with E-state index in [0.717, 1.165) is 0 Å². The second-order valence-corrected chi connectivity index (χ2v) is 9.01. The summed E-state index contributed by atoms with van der Waals surface area (Å²) < 4.78 is 28.0. The van der Waals surface area contributed by atoms with Crippen LogP contribution in [0.4, 0.5) is 0 Å². The standard InChI is InChI=1S/C19H24ClN3O4S/c1-14(2)11-18(19(24)22-27-3)23(13-15-5-4-10-21-12-15)28(25,26)17-8-6-16(20)7-9-17/h4-10,12,14,18H,11,13H2,1-3H3,(H,22,24)/t18-/m1/s1/i3-1. The maximum absolute atomic E-state index is 13.4. The summed E-state index contributed by atoms with van der Waals surface area (Å²) in [6.45, 7) is 3.84. The molecule has 1 aromatic carbocycles. The third-order valence-electron chi connectivity index (χ3n) is 4.03. The fourth-order valence-electron chi connectivity index (χ4n) is 2.75. The first-order chi connectivity index (χ1) is 13.3. The van der Waals surface area contributed by atoms with Gasteiger partial charge in [-0.1, -0.05) is 31.5 Å². The molecule has 2 aromatic rings. The van der Waals surface area contributed by atoms with E-state index in [2.05, 4.69) is 10.5 Å². The molecule has 28 heavy (non-hydrogen) atoms. The number of carbonyl (C=O) groups is 1. The van der Waals surface area contributed by atoms with Crippen LogP contribution in [0.25, 0.3) is 0 Å². The Balaban J connectivity index is 2.52. The molecule has 0 fully saturated rings. The van der Waals surface area contributed by atoms with Crippen LogP contribution < -0.4 is 5.48 Å². The lowest BCUT2D eigenvalue weighted by atomic mass is 10.0. The number of halogens is 1. The number of nitrogens with one attached hydrogen (secondary N) is 1. The van der Waals surface area contributed by atoms with E-state index in [0.29, 0.717) is 17.0 Å². The third-order valence-corrected chi connectivity index (χ3v) is 6.15. The molecular weight excluding hydrogens is 401 g/mol. The van der Waals surface area contributed by atoms with Crippen molar-refractivity contribution in [2.45, 2.75) is 37.8 Å².